The van der Waals surface area contributed by atoms with Crippen molar-refractivity contribution in [2.24, 2.45) is 0 Å². The van der Waals surface area contributed by atoms with Gasteiger partial charge in [0.1, 0.15) is 5.75 Å². The van der Waals surface area contributed by atoms with Crippen LogP contribution in [-0.2, 0) is 0 Å². The first-order valence-corrected chi connectivity index (χ1v) is 7.99. The van der Waals surface area contributed by atoms with Gasteiger partial charge in [-0.15, -0.1) is 0 Å². The summed E-state index contributed by atoms with van der Waals surface area (Å²) in [6, 6.07) is 9.78. The fraction of sp³-hybridized carbons (Fsp3) is 0.250. The lowest BCUT2D eigenvalue weighted by Gasteiger charge is -2.20. The van der Waals surface area contributed by atoms with Crippen LogP contribution >= 0.6 is 39.1 Å². The number of aryl methyl sites for hydroxylation is 1. The summed E-state index contributed by atoms with van der Waals surface area (Å²) in [5, 5.41) is 4.46. The maximum absolute atomic E-state index is 6.39. The van der Waals surface area contributed by atoms with E-state index in [1.807, 2.05) is 19.2 Å². The molecule has 0 aliphatic carbocycles. The van der Waals surface area contributed by atoms with Crippen molar-refractivity contribution in [3.8, 4) is 5.75 Å². The van der Waals surface area contributed by atoms with E-state index in [9.17, 15) is 0 Å². The minimum Gasteiger partial charge on any atom is -0.495 e. The van der Waals surface area contributed by atoms with E-state index >= 15 is 0 Å². The van der Waals surface area contributed by atoms with Gasteiger partial charge < -0.3 is 10.1 Å². The molecule has 2 nitrogen and oxygen atoms in total. The first kappa shape index (κ1) is 16.6. The summed E-state index contributed by atoms with van der Waals surface area (Å²) in [4.78, 5) is 0. The van der Waals surface area contributed by atoms with Crippen molar-refractivity contribution in [3.05, 3.63) is 61.5 Å². The molecule has 0 spiro atoms. The van der Waals surface area contributed by atoms with Gasteiger partial charge in [-0.25, -0.2) is 0 Å². The number of ether oxygens (including phenoxy) is 1. The highest BCUT2D eigenvalue weighted by atomic mass is 79.9. The Kier molecular flexibility index (Phi) is 5.55. The van der Waals surface area contributed by atoms with E-state index in [0.717, 1.165) is 15.6 Å². The zero-order chi connectivity index (χ0) is 15.6. The largest absolute Gasteiger partial charge is 0.495 e. The molecule has 2 rings (SSSR count). The summed E-state index contributed by atoms with van der Waals surface area (Å²) < 4.78 is 6.28. The molecule has 0 radical (unpaired) electrons. The number of halogens is 3. The molecule has 1 unspecified atom stereocenters. The van der Waals surface area contributed by atoms with E-state index < -0.39 is 0 Å². The molecule has 0 aliphatic heterocycles. The zero-order valence-corrected chi connectivity index (χ0v) is 15.1. The highest BCUT2D eigenvalue weighted by Gasteiger charge is 2.18. The molecular weight excluding hydrogens is 373 g/mol. The third-order valence-corrected chi connectivity index (χ3v) is 4.90. The summed E-state index contributed by atoms with van der Waals surface area (Å²) in [6.45, 7) is 2.06. The zero-order valence-electron chi connectivity index (χ0n) is 12.0. The second kappa shape index (κ2) is 7.01. The Morgan fingerprint density at radius 1 is 1.14 bits per heavy atom. The molecule has 0 bridgehead atoms. The Labute approximate surface area is 143 Å². The van der Waals surface area contributed by atoms with Crippen LogP contribution in [-0.4, -0.2) is 14.2 Å². The van der Waals surface area contributed by atoms with Crippen LogP contribution in [0.3, 0.4) is 0 Å². The number of rotatable bonds is 4. The van der Waals surface area contributed by atoms with Crippen molar-refractivity contribution in [1.29, 1.82) is 0 Å². The molecule has 0 aromatic heterocycles. The summed E-state index contributed by atoms with van der Waals surface area (Å²) >= 11 is 16.1. The van der Waals surface area contributed by atoms with Crippen molar-refractivity contribution >= 4 is 39.1 Å². The molecule has 2 aromatic carbocycles. The van der Waals surface area contributed by atoms with Gasteiger partial charge in [-0.3, -0.25) is 0 Å². The van der Waals surface area contributed by atoms with Crippen LogP contribution in [0.4, 0.5) is 0 Å². The van der Waals surface area contributed by atoms with Crippen LogP contribution in [0.1, 0.15) is 22.7 Å². The van der Waals surface area contributed by atoms with Crippen LogP contribution in [0.5, 0.6) is 5.75 Å². The molecule has 0 saturated carbocycles. The van der Waals surface area contributed by atoms with E-state index in [2.05, 4.69) is 40.3 Å². The van der Waals surface area contributed by atoms with Crippen molar-refractivity contribution in [2.45, 2.75) is 13.0 Å². The number of hydrogen-bond acceptors (Lipinski definition) is 2. The van der Waals surface area contributed by atoms with Gasteiger partial charge >= 0.3 is 0 Å². The lowest BCUT2D eigenvalue weighted by atomic mass is 9.97. The Balaban J connectivity index is 2.50. The van der Waals surface area contributed by atoms with Crippen LogP contribution in [0.25, 0.3) is 0 Å². The Morgan fingerprint density at radius 2 is 1.86 bits per heavy atom. The molecule has 0 saturated heterocycles. The quantitative estimate of drug-likeness (QED) is 0.758. The van der Waals surface area contributed by atoms with Gasteiger partial charge in [0.25, 0.3) is 0 Å². The smallest absolute Gasteiger partial charge is 0.138 e. The molecule has 0 amide bonds. The minimum atomic E-state index is -0.0345. The Bertz CT molecular complexity index is 661. The SMILES string of the molecule is CNC(c1ccc(Br)c(C)c1)c1cc(Cl)c(OC)cc1Cl. The summed E-state index contributed by atoms with van der Waals surface area (Å²) in [7, 11) is 3.47. The first-order chi connectivity index (χ1) is 9.97. The van der Waals surface area contributed by atoms with Crippen LogP contribution in [0.2, 0.25) is 10.0 Å². The van der Waals surface area contributed by atoms with Crippen LogP contribution in [0.15, 0.2) is 34.8 Å². The summed E-state index contributed by atoms with van der Waals surface area (Å²) in [5.41, 5.74) is 3.22. The van der Waals surface area contributed by atoms with E-state index in [-0.39, 0.29) is 6.04 Å². The molecule has 2 aromatic rings. The highest BCUT2D eigenvalue weighted by Crippen LogP contribution is 2.36. The number of benzene rings is 2. The van der Waals surface area contributed by atoms with Crippen molar-refractivity contribution in [3.63, 3.8) is 0 Å². The second-order valence-corrected chi connectivity index (χ2v) is 6.41. The van der Waals surface area contributed by atoms with Gasteiger partial charge in [0.05, 0.1) is 18.2 Å². The molecular formula is C16H16BrCl2NO. The number of nitrogens with one attached hydrogen (secondary N) is 1. The molecule has 0 fully saturated rings. The summed E-state index contributed by atoms with van der Waals surface area (Å²) in [5.74, 6) is 0.576. The Morgan fingerprint density at radius 3 is 2.43 bits per heavy atom. The molecule has 0 aliphatic rings. The van der Waals surface area contributed by atoms with Gasteiger partial charge in [-0.2, -0.15) is 0 Å². The third-order valence-electron chi connectivity index (χ3n) is 3.39. The highest BCUT2D eigenvalue weighted by molar-refractivity contribution is 9.10. The average molecular weight is 389 g/mol. The van der Waals surface area contributed by atoms with E-state index in [4.69, 9.17) is 27.9 Å². The summed E-state index contributed by atoms with van der Waals surface area (Å²) in [6.07, 6.45) is 0. The topological polar surface area (TPSA) is 21.3 Å². The second-order valence-electron chi connectivity index (χ2n) is 4.74. The van der Waals surface area contributed by atoms with E-state index in [1.54, 1.807) is 13.2 Å². The fourth-order valence-corrected chi connectivity index (χ4v) is 3.03. The van der Waals surface area contributed by atoms with Crippen LogP contribution < -0.4 is 10.1 Å². The standard InChI is InChI=1S/C16H16BrCl2NO/c1-9-6-10(4-5-12(9)17)16(20-2)11-7-14(19)15(21-3)8-13(11)18/h4-8,16,20H,1-3H3. The van der Waals surface area contributed by atoms with Gasteiger partial charge in [0, 0.05) is 15.6 Å². The third kappa shape index (κ3) is 3.54. The minimum absolute atomic E-state index is 0.0345. The van der Waals surface area contributed by atoms with Gasteiger partial charge in [0.2, 0.25) is 0 Å². The van der Waals surface area contributed by atoms with Crippen molar-refractivity contribution in [1.82, 2.24) is 5.32 Å². The fourth-order valence-electron chi connectivity index (χ4n) is 2.27. The van der Waals surface area contributed by atoms with Gasteiger partial charge in [0.15, 0.2) is 0 Å². The molecule has 1 N–H and O–H groups in total. The number of methoxy groups -OCH3 is 1. The predicted molar refractivity (Wildman–Crippen MR) is 92.8 cm³/mol. The van der Waals surface area contributed by atoms with E-state index in [1.165, 1.54) is 5.56 Å². The van der Waals surface area contributed by atoms with Gasteiger partial charge in [-0.05, 0) is 42.8 Å². The predicted octanol–water partition coefficient (Wildman–Crippen LogP) is 5.38. The van der Waals surface area contributed by atoms with Crippen molar-refractivity contribution < 1.29 is 4.74 Å². The normalized spacial score (nSPS) is 12.3. The van der Waals surface area contributed by atoms with Crippen molar-refractivity contribution in [2.75, 3.05) is 14.2 Å². The number of hydrogen-bond donors (Lipinski definition) is 1. The maximum Gasteiger partial charge on any atom is 0.138 e. The molecule has 112 valence electrons. The Hall–Kier alpha value is -0.740. The molecule has 1 atom stereocenters. The lowest BCUT2D eigenvalue weighted by molar-refractivity contribution is 0.415. The molecule has 5 heteroatoms. The average Bonchev–Trinajstić information content (AvgIpc) is 2.46. The first-order valence-electron chi connectivity index (χ1n) is 6.44. The van der Waals surface area contributed by atoms with Gasteiger partial charge in [-0.1, -0.05) is 51.3 Å². The molecule has 0 heterocycles. The van der Waals surface area contributed by atoms with E-state index in [0.29, 0.717) is 15.8 Å². The monoisotopic (exact) mass is 387 g/mol. The maximum atomic E-state index is 6.39. The lowest BCUT2D eigenvalue weighted by Crippen LogP contribution is -2.18. The van der Waals surface area contributed by atoms with Crippen LogP contribution in [0, 0.1) is 6.92 Å². The molecule has 21 heavy (non-hydrogen) atoms.